The van der Waals surface area contributed by atoms with E-state index in [-0.39, 0.29) is 26.4 Å². The lowest BCUT2D eigenvalue weighted by atomic mass is 10.1. The molecule has 2 aliphatic rings. The molecule has 1 aliphatic carbocycles. The van der Waals surface area contributed by atoms with Gasteiger partial charge in [0.1, 0.15) is 4.48 Å². The second-order valence-corrected chi connectivity index (χ2v) is 10.4. The number of hydrogen-bond donors (Lipinski definition) is 3. The van der Waals surface area contributed by atoms with Crippen LogP contribution in [0, 0.1) is 0 Å². The van der Waals surface area contributed by atoms with E-state index in [1.807, 2.05) is 0 Å². The summed E-state index contributed by atoms with van der Waals surface area (Å²) in [4.78, 5) is 37.0. The summed E-state index contributed by atoms with van der Waals surface area (Å²) in [5.41, 5.74) is -0.228. The number of hydrogen-bond acceptors (Lipinski definition) is 8. The normalized spacial score (nSPS) is 17.1. The summed E-state index contributed by atoms with van der Waals surface area (Å²) in [5.74, 6) is -4.25. The smallest absolute Gasteiger partial charge is 0.360 e. The van der Waals surface area contributed by atoms with E-state index in [1.165, 1.54) is 19.2 Å². The van der Waals surface area contributed by atoms with Gasteiger partial charge in [-0.2, -0.15) is 0 Å². The van der Waals surface area contributed by atoms with Gasteiger partial charge in [-0.15, -0.1) is 0 Å². The molecule has 0 saturated heterocycles. The number of aliphatic hydroxyl groups excluding tert-OH is 2. The number of aromatic amines is 1. The van der Waals surface area contributed by atoms with Crippen molar-refractivity contribution in [3.05, 3.63) is 80.4 Å². The first-order valence-corrected chi connectivity index (χ1v) is 12.5. The molecule has 1 aromatic carbocycles. The van der Waals surface area contributed by atoms with E-state index >= 15 is 0 Å². The lowest BCUT2D eigenvalue weighted by Crippen LogP contribution is -2.37. The van der Waals surface area contributed by atoms with Gasteiger partial charge in [-0.05, 0) is 55.8 Å². The average molecular weight is 629 g/mol. The Hall–Kier alpha value is -3.49. The number of rotatable bonds is 2. The molecule has 0 fully saturated rings. The van der Waals surface area contributed by atoms with Crippen molar-refractivity contribution in [1.29, 1.82) is 0 Å². The van der Waals surface area contributed by atoms with Gasteiger partial charge in [-0.1, -0.05) is 18.2 Å². The van der Waals surface area contributed by atoms with E-state index in [0.717, 1.165) is 4.31 Å². The van der Waals surface area contributed by atoms with Gasteiger partial charge in [0.25, 0.3) is 15.8 Å². The number of likely N-dealkylation sites (N-methyl/N-ethyl adjacent to an activating group) is 1. The van der Waals surface area contributed by atoms with Crippen LogP contribution >= 0.6 is 31.9 Å². The molecule has 1 aromatic heterocycles. The molecule has 1 aliphatic heterocycles. The number of benzene rings is 1. The zero-order valence-electron chi connectivity index (χ0n) is 17.6. The fourth-order valence-electron chi connectivity index (χ4n) is 2.95. The number of allylic oxidation sites excluding steroid dienone is 2. The van der Waals surface area contributed by atoms with E-state index in [4.69, 9.17) is 5.11 Å². The van der Waals surface area contributed by atoms with Crippen molar-refractivity contribution >= 4 is 70.9 Å². The van der Waals surface area contributed by atoms with Gasteiger partial charge in [0.05, 0.1) is 15.6 Å². The van der Waals surface area contributed by atoms with Gasteiger partial charge in [-0.3, -0.25) is 13.9 Å². The Bertz CT molecular complexity index is 1390. The second-order valence-electron chi connectivity index (χ2n) is 6.86. The number of Topliss-reactive ketones (excluding diaryl/α,β-unsaturated/α-hetero) is 2. The molecule has 0 spiro atoms. The highest BCUT2D eigenvalue weighted by atomic mass is 79.9. The van der Waals surface area contributed by atoms with Crippen LogP contribution in [0.15, 0.2) is 79.7 Å². The fourth-order valence-corrected chi connectivity index (χ4v) is 5.07. The fraction of sp³-hybridized carbons (Fsp3) is 0.0476. The number of pyridine rings is 1. The van der Waals surface area contributed by atoms with Crippen molar-refractivity contribution < 1.29 is 43.1 Å². The van der Waals surface area contributed by atoms with Crippen LogP contribution in [0.25, 0.3) is 5.76 Å². The second kappa shape index (κ2) is 10.0. The molecule has 0 bridgehead atoms. The largest absolute Gasteiger partial charge is 0.869 e. The molecule has 35 heavy (non-hydrogen) atoms. The van der Waals surface area contributed by atoms with Crippen LogP contribution in [0.2, 0.25) is 0 Å². The topological polar surface area (TPSA) is 178 Å². The third-order valence-electron chi connectivity index (χ3n) is 4.72. The Labute approximate surface area is 215 Å². The van der Waals surface area contributed by atoms with E-state index in [1.54, 1.807) is 36.5 Å². The van der Waals surface area contributed by atoms with Gasteiger partial charge in [0, 0.05) is 18.7 Å². The van der Waals surface area contributed by atoms with Crippen LogP contribution in [0.3, 0.4) is 0 Å². The zero-order valence-corrected chi connectivity index (χ0v) is 21.6. The van der Waals surface area contributed by atoms with Gasteiger partial charge in [-0.25, -0.2) is 23.5 Å². The number of sulfonamides is 1. The van der Waals surface area contributed by atoms with Crippen LogP contribution in [-0.4, -0.2) is 47.5 Å². The number of anilines is 1. The number of aliphatic hydroxyl groups is 2. The molecule has 0 saturated carbocycles. The molecule has 4 rings (SSSR count). The van der Waals surface area contributed by atoms with Crippen molar-refractivity contribution in [2.75, 3.05) is 12.4 Å². The maximum Gasteiger partial charge on any atom is 0.360 e. The van der Waals surface area contributed by atoms with Gasteiger partial charge in [0.2, 0.25) is 5.78 Å². The number of amides is 1. The summed E-state index contributed by atoms with van der Waals surface area (Å²) in [6.45, 7) is 0. The lowest BCUT2D eigenvalue weighted by molar-refractivity contribution is -0.360. The number of fused-ring (bicyclic) bond motifs is 1. The Morgan fingerprint density at radius 2 is 1.63 bits per heavy atom. The summed E-state index contributed by atoms with van der Waals surface area (Å²) in [6, 6.07) is 11.0. The molecular weight excluding hydrogens is 614 g/mol. The lowest BCUT2D eigenvalue weighted by Gasteiger charge is -2.27. The number of nitrogens with one attached hydrogen (secondary N) is 2. The number of H-pyrrole nitrogens is 1. The Morgan fingerprint density at radius 1 is 1.00 bits per heavy atom. The van der Waals surface area contributed by atoms with E-state index in [2.05, 4.69) is 42.2 Å². The van der Waals surface area contributed by atoms with Gasteiger partial charge in [0.15, 0.2) is 23.0 Å². The summed E-state index contributed by atoms with van der Waals surface area (Å²) >= 11 is 5.24. The van der Waals surface area contributed by atoms with Crippen LogP contribution in [0.4, 0.5) is 5.82 Å². The molecule has 2 aromatic rings. The Kier molecular flexibility index (Phi) is 7.47. The molecule has 1 amide bonds. The first-order valence-electron chi connectivity index (χ1n) is 9.44. The monoisotopic (exact) mass is 627 g/mol. The van der Waals surface area contributed by atoms with Crippen LogP contribution in [0.5, 0.6) is 0 Å². The summed E-state index contributed by atoms with van der Waals surface area (Å²) in [5, 5.41) is 32.7. The van der Waals surface area contributed by atoms with Crippen LogP contribution in [0.1, 0.15) is 5.56 Å². The molecule has 2 heterocycles. The molecular formula is C21H15Br2N3O8S. The van der Waals surface area contributed by atoms with Crippen molar-refractivity contribution in [1.82, 2.24) is 4.31 Å². The number of nitrogens with zero attached hydrogens (tertiary/aromatic N) is 1. The van der Waals surface area contributed by atoms with Crippen molar-refractivity contribution in [3.8, 4) is 0 Å². The molecule has 0 atom stereocenters. The Balaban J connectivity index is 0.000000241. The highest BCUT2D eigenvalue weighted by Gasteiger charge is 2.39. The number of aromatic nitrogens is 1. The number of carbonyl (C=O) groups excluding carboxylic acids is 3. The van der Waals surface area contributed by atoms with Crippen LogP contribution in [-0.2, 0) is 24.4 Å². The van der Waals surface area contributed by atoms with Crippen molar-refractivity contribution in [2.45, 2.75) is 4.90 Å². The number of carbonyl (C=O) groups is 3. The van der Waals surface area contributed by atoms with Gasteiger partial charge >= 0.3 is 5.91 Å². The number of halogens is 2. The average Bonchev–Trinajstić information content (AvgIpc) is 2.85. The molecule has 182 valence electrons. The molecule has 11 nitrogen and oxygen atoms in total. The first kappa shape index (κ1) is 26.1. The van der Waals surface area contributed by atoms with E-state index in [0.29, 0.717) is 5.82 Å². The predicted octanol–water partition coefficient (Wildman–Crippen LogP) is 1.27. The third-order valence-corrected chi connectivity index (χ3v) is 7.99. The zero-order chi connectivity index (χ0) is 26.1. The molecule has 0 radical (unpaired) electrons. The standard InChI is InChI=1S/C15H13N3O4S.C6H2Br2O4/c1-18-13(15(20)17-12-8-4-5-9-16-12)14(19)10-6-2-3-7-11(10)23(18,21)22;7-1-3(9)5(11)2(8)6(12)4(1)10/h2-9,19H,1H3,(H,16,17,20);9,12H. The third kappa shape index (κ3) is 4.85. The minimum absolute atomic E-state index is 0.0391. The van der Waals surface area contributed by atoms with Crippen molar-refractivity contribution in [3.63, 3.8) is 0 Å². The molecule has 4 N–H and O–H groups in total. The predicted molar refractivity (Wildman–Crippen MR) is 127 cm³/mol. The Morgan fingerprint density at radius 3 is 2.26 bits per heavy atom. The van der Waals surface area contributed by atoms with Crippen molar-refractivity contribution in [2.24, 2.45) is 0 Å². The summed E-state index contributed by atoms with van der Waals surface area (Å²) in [7, 11) is -2.67. The van der Waals surface area contributed by atoms with E-state index < -0.39 is 43.5 Å². The first-order chi connectivity index (χ1) is 16.4. The highest BCUT2D eigenvalue weighted by molar-refractivity contribution is 9.12. The SMILES string of the molecule is CN1C(C(=O)Nc2cccc[nH+]2)=C(O)c2ccccc2S1(=O)=O.O=C1C(O)=C(Br)C(=O)C([O-])=C1Br. The summed E-state index contributed by atoms with van der Waals surface area (Å²) in [6.07, 6.45) is 1.61. The minimum Gasteiger partial charge on any atom is -0.869 e. The highest BCUT2D eigenvalue weighted by Crippen LogP contribution is 2.34. The summed E-state index contributed by atoms with van der Waals surface area (Å²) < 4.78 is 25.0. The quantitative estimate of drug-likeness (QED) is 0.416. The molecule has 0 unspecified atom stereocenters. The minimum atomic E-state index is -3.90. The van der Waals surface area contributed by atoms with E-state index in [9.17, 15) is 33.0 Å². The number of ketones is 2. The van der Waals surface area contributed by atoms with Crippen LogP contribution < -0.4 is 15.4 Å². The maximum atomic E-state index is 12.5. The van der Waals surface area contributed by atoms with Gasteiger partial charge < -0.3 is 15.3 Å². The maximum absolute atomic E-state index is 12.5. The molecule has 14 heteroatoms.